The van der Waals surface area contributed by atoms with E-state index in [2.05, 4.69) is 20.2 Å². The van der Waals surface area contributed by atoms with E-state index in [4.69, 9.17) is 4.52 Å². The zero-order valence-electron chi connectivity index (χ0n) is 17.7. The van der Waals surface area contributed by atoms with Gasteiger partial charge < -0.3 is 9.84 Å². The number of carbonyl (C=O) groups is 1. The third-order valence-corrected chi connectivity index (χ3v) is 6.14. The van der Waals surface area contributed by atoms with Gasteiger partial charge in [-0.3, -0.25) is 9.52 Å². The molecule has 3 aromatic carbocycles. The monoisotopic (exact) mass is 466 g/mol. The van der Waals surface area contributed by atoms with E-state index in [1.807, 2.05) is 19.1 Å². The molecule has 1 aromatic heterocycles. The van der Waals surface area contributed by atoms with Crippen LogP contribution in [0.15, 0.2) is 76.1 Å². The lowest BCUT2D eigenvalue weighted by Crippen LogP contribution is -2.12. The highest BCUT2D eigenvalue weighted by Gasteiger charge is 2.16. The number of hydrogen-bond donors (Lipinski definition) is 2. The Labute approximate surface area is 189 Å². The number of carbonyl (C=O) groups excluding carboxylic acids is 1. The fourth-order valence-corrected chi connectivity index (χ4v) is 4.11. The number of benzene rings is 3. The molecule has 8 nitrogen and oxygen atoms in total. The Balaban J connectivity index is 1.53. The topological polar surface area (TPSA) is 114 Å². The summed E-state index contributed by atoms with van der Waals surface area (Å²) in [5.41, 5.74) is 3.13. The van der Waals surface area contributed by atoms with Gasteiger partial charge in [-0.25, -0.2) is 12.8 Å². The summed E-state index contributed by atoms with van der Waals surface area (Å²) >= 11 is 0. The predicted molar refractivity (Wildman–Crippen MR) is 121 cm³/mol. The van der Waals surface area contributed by atoms with E-state index in [0.717, 1.165) is 17.7 Å². The van der Waals surface area contributed by atoms with Crippen molar-refractivity contribution in [1.29, 1.82) is 0 Å². The number of amides is 1. The van der Waals surface area contributed by atoms with Crippen LogP contribution >= 0.6 is 0 Å². The second-order valence-corrected chi connectivity index (χ2v) is 8.95. The van der Waals surface area contributed by atoms with E-state index in [1.54, 1.807) is 30.3 Å². The van der Waals surface area contributed by atoms with Crippen LogP contribution in [0.2, 0.25) is 0 Å². The molecule has 2 N–H and O–H groups in total. The van der Waals surface area contributed by atoms with Crippen LogP contribution in [0, 0.1) is 12.7 Å². The smallest absolute Gasteiger partial charge is 0.261 e. The van der Waals surface area contributed by atoms with Gasteiger partial charge in [0.15, 0.2) is 0 Å². The van der Waals surface area contributed by atoms with Crippen LogP contribution in [0.3, 0.4) is 0 Å². The fourth-order valence-electron chi connectivity index (χ4n) is 3.05. The van der Waals surface area contributed by atoms with Gasteiger partial charge in [0.2, 0.25) is 11.7 Å². The first kappa shape index (κ1) is 22.2. The fraction of sp³-hybridized carbons (Fsp3) is 0.0870. The van der Waals surface area contributed by atoms with Gasteiger partial charge in [0, 0.05) is 29.4 Å². The predicted octanol–water partition coefficient (Wildman–Crippen LogP) is 4.61. The van der Waals surface area contributed by atoms with Crippen molar-refractivity contribution in [2.24, 2.45) is 0 Å². The number of aromatic nitrogens is 2. The molecule has 0 spiro atoms. The summed E-state index contributed by atoms with van der Waals surface area (Å²) in [5, 5.41) is 6.75. The van der Waals surface area contributed by atoms with Gasteiger partial charge >= 0.3 is 0 Å². The highest BCUT2D eigenvalue weighted by Crippen LogP contribution is 2.27. The molecule has 1 heterocycles. The van der Waals surface area contributed by atoms with Crippen LogP contribution in [0.1, 0.15) is 12.5 Å². The molecule has 168 valence electrons. The molecule has 0 atom stereocenters. The molecule has 4 aromatic rings. The average Bonchev–Trinajstić information content (AvgIpc) is 3.26. The quantitative estimate of drug-likeness (QED) is 0.429. The Bertz CT molecular complexity index is 1420. The van der Waals surface area contributed by atoms with Gasteiger partial charge in [0.25, 0.3) is 15.9 Å². The molecular weight excluding hydrogens is 447 g/mol. The number of sulfonamides is 1. The minimum absolute atomic E-state index is 0.0486. The summed E-state index contributed by atoms with van der Waals surface area (Å²) in [6.45, 7) is 3.31. The second-order valence-electron chi connectivity index (χ2n) is 7.27. The molecule has 0 aliphatic carbocycles. The van der Waals surface area contributed by atoms with Crippen LogP contribution in [-0.4, -0.2) is 24.5 Å². The highest BCUT2D eigenvalue weighted by atomic mass is 32.2. The van der Waals surface area contributed by atoms with Gasteiger partial charge in [-0.2, -0.15) is 4.98 Å². The molecule has 0 saturated heterocycles. The molecule has 0 saturated carbocycles. The Morgan fingerprint density at radius 3 is 2.30 bits per heavy atom. The number of rotatable bonds is 6. The van der Waals surface area contributed by atoms with Crippen molar-refractivity contribution < 1.29 is 22.1 Å². The molecule has 0 unspecified atom stereocenters. The van der Waals surface area contributed by atoms with Crippen LogP contribution in [0.25, 0.3) is 22.8 Å². The number of anilines is 2. The largest absolute Gasteiger partial charge is 0.334 e. The maximum atomic E-state index is 13.1. The first-order valence-corrected chi connectivity index (χ1v) is 11.3. The first-order chi connectivity index (χ1) is 15.7. The van der Waals surface area contributed by atoms with E-state index in [0.29, 0.717) is 28.3 Å². The normalized spacial score (nSPS) is 11.2. The zero-order chi connectivity index (χ0) is 23.6. The SMILES string of the molecule is CC(=O)Nc1cc(-c2nc(-c3ccc(NS(=O)(=O)c4ccc(F)cc4)cc3)no2)ccc1C. The van der Waals surface area contributed by atoms with Crippen molar-refractivity contribution in [3.63, 3.8) is 0 Å². The molecule has 0 bridgehead atoms. The minimum Gasteiger partial charge on any atom is -0.334 e. The van der Waals surface area contributed by atoms with E-state index < -0.39 is 15.8 Å². The summed E-state index contributed by atoms with van der Waals surface area (Å²) in [6, 6.07) is 16.4. The molecule has 10 heteroatoms. The summed E-state index contributed by atoms with van der Waals surface area (Å²) in [6.07, 6.45) is 0. The van der Waals surface area contributed by atoms with Crippen LogP contribution < -0.4 is 10.0 Å². The number of nitrogens with zero attached hydrogens (tertiary/aromatic N) is 2. The number of hydrogen-bond acceptors (Lipinski definition) is 6. The molecule has 0 aliphatic rings. The van der Waals surface area contributed by atoms with Crippen molar-refractivity contribution in [1.82, 2.24) is 10.1 Å². The standard InChI is InChI=1S/C23H19FN4O4S/c1-14-3-4-17(13-21(14)25-15(2)29)23-26-22(27-32-23)16-5-9-19(10-6-16)28-33(30,31)20-11-7-18(24)8-12-20/h3-13,28H,1-2H3,(H,25,29). The van der Waals surface area contributed by atoms with E-state index in [9.17, 15) is 17.6 Å². The Kier molecular flexibility index (Phi) is 5.93. The van der Waals surface area contributed by atoms with Gasteiger partial charge in [-0.05, 0) is 73.2 Å². The van der Waals surface area contributed by atoms with E-state index in [-0.39, 0.29) is 16.7 Å². The average molecular weight is 466 g/mol. The summed E-state index contributed by atoms with van der Waals surface area (Å²) in [4.78, 5) is 15.7. The molecule has 0 aliphatic heterocycles. The lowest BCUT2D eigenvalue weighted by molar-refractivity contribution is -0.114. The second kappa shape index (κ2) is 8.83. The molecule has 33 heavy (non-hydrogen) atoms. The summed E-state index contributed by atoms with van der Waals surface area (Å²) in [5.74, 6) is -0.108. The van der Waals surface area contributed by atoms with Crippen molar-refractivity contribution in [2.45, 2.75) is 18.7 Å². The Morgan fingerprint density at radius 1 is 0.970 bits per heavy atom. The van der Waals surface area contributed by atoms with Crippen LogP contribution in [0.5, 0.6) is 0 Å². The van der Waals surface area contributed by atoms with Crippen molar-refractivity contribution in [2.75, 3.05) is 10.0 Å². The van der Waals surface area contributed by atoms with E-state index in [1.165, 1.54) is 19.1 Å². The molecule has 1 amide bonds. The molecule has 0 fully saturated rings. The highest BCUT2D eigenvalue weighted by molar-refractivity contribution is 7.92. The first-order valence-electron chi connectivity index (χ1n) is 9.82. The number of aryl methyl sites for hydroxylation is 1. The van der Waals surface area contributed by atoms with Crippen molar-refractivity contribution in [3.05, 3.63) is 78.1 Å². The zero-order valence-corrected chi connectivity index (χ0v) is 18.5. The molecule has 0 radical (unpaired) electrons. The van der Waals surface area contributed by atoms with Crippen LogP contribution in [0.4, 0.5) is 15.8 Å². The van der Waals surface area contributed by atoms with Crippen LogP contribution in [-0.2, 0) is 14.8 Å². The Hall–Kier alpha value is -4.05. The van der Waals surface area contributed by atoms with Crippen molar-refractivity contribution >= 4 is 27.3 Å². The number of nitrogens with one attached hydrogen (secondary N) is 2. The maximum Gasteiger partial charge on any atom is 0.261 e. The van der Waals surface area contributed by atoms with Gasteiger partial charge in [-0.15, -0.1) is 0 Å². The summed E-state index contributed by atoms with van der Waals surface area (Å²) < 4.78 is 45.8. The molecule has 4 rings (SSSR count). The number of halogens is 1. The van der Waals surface area contributed by atoms with E-state index >= 15 is 0 Å². The maximum absolute atomic E-state index is 13.1. The van der Waals surface area contributed by atoms with Gasteiger partial charge in [0.1, 0.15) is 5.82 Å². The third-order valence-electron chi connectivity index (χ3n) is 4.74. The summed E-state index contributed by atoms with van der Waals surface area (Å²) in [7, 11) is -3.85. The lowest BCUT2D eigenvalue weighted by Gasteiger charge is -2.08. The minimum atomic E-state index is -3.85. The van der Waals surface area contributed by atoms with Crippen molar-refractivity contribution in [3.8, 4) is 22.8 Å². The molecular formula is C23H19FN4O4S. The Morgan fingerprint density at radius 2 is 1.64 bits per heavy atom. The van der Waals surface area contributed by atoms with Gasteiger partial charge in [0.05, 0.1) is 4.90 Å². The third kappa shape index (κ3) is 5.07. The van der Waals surface area contributed by atoms with Gasteiger partial charge in [-0.1, -0.05) is 11.2 Å². The lowest BCUT2D eigenvalue weighted by atomic mass is 10.1.